The Morgan fingerprint density at radius 3 is 2.22 bits per heavy atom. The summed E-state index contributed by atoms with van der Waals surface area (Å²) in [5.41, 5.74) is 4.26. The van der Waals surface area contributed by atoms with E-state index in [9.17, 15) is 62.7 Å². The van der Waals surface area contributed by atoms with Crippen molar-refractivity contribution in [2.75, 3.05) is 44.4 Å². The molecule has 63 heavy (non-hydrogen) atoms. The Bertz CT molecular complexity index is 1990. The van der Waals surface area contributed by atoms with Crippen LogP contribution in [0, 0.1) is 5.41 Å². The first-order valence-corrected chi connectivity index (χ1v) is 23.4. The highest BCUT2D eigenvalue weighted by molar-refractivity contribution is 8.13. The number of thioether (sulfide) groups is 1. The number of carbonyl (C=O) groups excluding carboxylic acids is 4. The Labute approximate surface area is 360 Å². The summed E-state index contributed by atoms with van der Waals surface area (Å²) in [5, 5.41) is 69.6. The molecule has 11 atom stereocenters. The normalized spacial score (nSPS) is 22.3. The third kappa shape index (κ3) is 18.1. The van der Waals surface area contributed by atoms with Crippen LogP contribution < -0.4 is 16.4 Å². The van der Waals surface area contributed by atoms with Crippen molar-refractivity contribution in [2.24, 2.45) is 5.41 Å². The average molecular weight is 990 g/mol. The number of hydrogen-bond acceptors (Lipinski definition) is 24. The summed E-state index contributed by atoms with van der Waals surface area (Å²) in [5.74, 6) is -1.08. The van der Waals surface area contributed by atoms with Gasteiger partial charge in [0.15, 0.2) is 29.1 Å². The molecule has 0 aliphatic carbocycles. The smallest absolute Gasteiger partial charge is 0.394 e. The van der Waals surface area contributed by atoms with Gasteiger partial charge in [-0.15, -0.1) is 0 Å². The number of nitrogens with zero attached hydrogens (tertiary/aromatic N) is 4. The van der Waals surface area contributed by atoms with Crippen LogP contribution in [0.25, 0.3) is 11.2 Å². The number of nitrogen functional groups attached to an aromatic ring is 1. The van der Waals surface area contributed by atoms with Crippen molar-refractivity contribution in [2.45, 2.75) is 82.3 Å². The van der Waals surface area contributed by atoms with E-state index in [1.165, 1.54) is 20.8 Å². The molecule has 1 aliphatic heterocycles. The molecule has 3 rings (SSSR count). The number of aromatic nitrogens is 4. The number of aliphatic hydroxyl groups excluding tert-OH is 7. The lowest BCUT2D eigenvalue weighted by atomic mass is 9.87. The lowest BCUT2D eigenvalue weighted by Crippen LogP contribution is -2.46. The van der Waals surface area contributed by atoms with Crippen LogP contribution in [0.5, 0.6) is 0 Å². The number of carbonyl (C=O) groups is 4. The quantitative estimate of drug-likeness (QED) is 0.0267. The molecule has 34 heteroatoms. The van der Waals surface area contributed by atoms with Crippen LogP contribution in [-0.2, 0) is 55.5 Å². The summed E-state index contributed by atoms with van der Waals surface area (Å²) in [4.78, 5) is 95.8. The van der Waals surface area contributed by atoms with Crippen LogP contribution >= 0.6 is 35.2 Å². The van der Waals surface area contributed by atoms with Gasteiger partial charge in [0, 0.05) is 37.6 Å². The van der Waals surface area contributed by atoms with Crippen LogP contribution in [0.1, 0.15) is 33.4 Å². The molecule has 2 aromatic rings. The van der Waals surface area contributed by atoms with E-state index in [0.717, 1.165) is 29.0 Å². The summed E-state index contributed by atoms with van der Waals surface area (Å²) in [7, 11) is -16.4. The van der Waals surface area contributed by atoms with E-state index >= 15 is 0 Å². The first-order chi connectivity index (χ1) is 29.1. The Kier molecular flexibility index (Phi) is 21.9. The molecular formula is C29H50N7O23P3S. The van der Waals surface area contributed by atoms with Gasteiger partial charge < -0.3 is 81.2 Å². The fourth-order valence-electron chi connectivity index (χ4n) is 4.94. The van der Waals surface area contributed by atoms with Crippen LogP contribution in [0.2, 0.25) is 0 Å². The number of amides is 2. The fraction of sp³-hybridized carbons (Fsp3) is 0.690. The summed E-state index contributed by atoms with van der Waals surface area (Å²) in [6.45, 7) is 1.14. The molecule has 0 saturated carbocycles. The van der Waals surface area contributed by atoms with Gasteiger partial charge >= 0.3 is 23.5 Å². The molecule has 360 valence electrons. The minimum absolute atomic E-state index is 0.0258. The monoisotopic (exact) mass is 989 g/mol. The number of imidazole rings is 1. The van der Waals surface area contributed by atoms with Crippen molar-refractivity contribution in [1.82, 2.24) is 30.2 Å². The van der Waals surface area contributed by atoms with Gasteiger partial charge in [0.25, 0.3) is 0 Å². The number of rotatable bonds is 24. The van der Waals surface area contributed by atoms with Gasteiger partial charge in [0.05, 0.1) is 26.1 Å². The molecule has 0 aromatic carbocycles. The van der Waals surface area contributed by atoms with Crippen molar-refractivity contribution in [3.05, 3.63) is 12.7 Å². The third-order valence-corrected chi connectivity index (χ3v) is 12.1. The summed E-state index contributed by atoms with van der Waals surface area (Å²) >= 11 is 1.03. The van der Waals surface area contributed by atoms with E-state index in [1.54, 1.807) is 0 Å². The van der Waals surface area contributed by atoms with Crippen LogP contribution in [0.4, 0.5) is 5.82 Å². The highest BCUT2D eigenvalue weighted by Gasteiger charge is 2.50. The molecule has 3 heterocycles. The van der Waals surface area contributed by atoms with E-state index in [2.05, 4.69) is 34.4 Å². The second-order valence-corrected chi connectivity index (χ2v) is 19.3. The first kappa shape index (κ1) is 56.2. The Hall–Kier alpha value is -2.97. The molecular weight excluding hydrogens is 939 g/mol. The number of anilines is 1. The fourth-order valence-corrected chi connectivity index (χ4v) is 8.26. The van der Waals surface area contributed by atoms with Gasteiger partial charge in [0.1, 0.15) is 60.7 Å². The van der Waals surface area contributed by atoms with E-state index < -0.39 is 116 Å². The zero-order valence-corrected chi connectivity index (χ0v) is 36.8. The van der Waals surface area contributed by atoms with Gasteiger partial charge in [-0.3, -0.25) is 32.5 Å². The number of phosphoric acid groups is 3. The second-order valence-electron chi connectivity index (χ2n) is 13.8. The standard InChI is InChI=1S/C23H38N7O17P3S.C6H12O6/c1-12(31)51-7-6-25-14(32)4-5-26-21(35)18(34)23(2,3)9-44-50(41,42)47-49(39,40)43-8-13-17(46-48(36,37)38)16(33)22(45-13)30-11-29-15-19(24)27-10-28-20(15)30;7-1-3(9)5(11)6(12)4(10)2-8/h10-11,13,16-18,22,33-34H,4-9H2,1-3H3,(H,25,32)(H,26,35)(H,39,40)(H,41,42)(H2,24,27,28)(H2,36,37,38);1,3-6,8-12H,2H2/t13-,16-,17-,18+,22-;3-,4+,5+,6+/m10/s1. The van der Waals surface area contributed by atoms with Crippen LogP contribution in [0.3, 0.4) is 0 Å². The number of nitrogens with one attached hydrogen (secondary N) is 2. The number of nitrogens with two attached hydrogens (primary N) is 1. The van der Waals surface area contributed by atoms with Crippen molar-refractivity contribution >= 4 is 75.4 Å². The number of aliphatic hydroxyl groups is 7. The lowest BCUT2D eigenvalue weighted by Gasteiger charge is -2.30. The highest BCUT2D eigenvalue weighted by Crippen LogP contribution is 2.61. The van der Waals surface area contributed by atoms with Gasteiger partial charge in [-0.25, -0.2) is 28.6 Å². The van der Waals surface area contributed by atoms with Gasteiger partial charge in [-0.05, 0) is 0 Å². The molecule has 1 fully saturated rings. The third-order valence-electron chi connectivity index (χ3n) is 8.23. The molecule has 2 unspecified atom stereocenters. The SMILES string of the molecule is CC(=O)SCCNC(=O)CCNC(=O)[C@H](O)C(C)(C)COP(=O)(O)OP(=O)(O)OC[C@H]1O[C@@H](n2cnc3c(N)ncnc32)[C@H](O)[C@@H]1OP(=O)(O)O.O=C[C@H](O)[C@@H](O)[C@H](O)[C@H](O)CO. The topological polar surface area (TPSA) is 482 Å². The number of fused-ring (bicyclic) bond motifs is 1. The number of hydrogen-bond donors (Lipinski definition) is 14. The van der Waals surface area contributed by atoms with Crippen molar-refractivity contribution in [1.29, 1.82) is 0 Å². The Morgan fingerprint density at radius 2 is 1.63 bits per heavy atom. The zero-order valence-electron chi connectivity index (χ0n) is 33.3. The number of phosphoric ester groups is 3. The van der Waals surface area contributed by atoms with Crippen LogP contribution in [-0.4, -0.2) is 186 Å². The lowest BCUT2D eigenvalue weighted by molar-refractivity contribution is -0.137. The minimum atomic E-state index is -5.56. The number of ether oxygens (including phenoxy) is 1. The highest BCUT2D eigenvalue weighted by atomic mass is 32.2. The molecule has 1 aliphatic rings. The molecule has 2 amide bonds. The maximum absolute atomic E-state index is 12.6. The first-order valence-electron chi connectivity index (χ1n) is 17.9. The minimum Gasteiger partial charge on any atom is -0.394 e. The van der Waals surface area contributed by atoms with E-state index in [-0.39, 0.29) is 47.9 Å². The molecule has 1 saturated heterocycles. The van der Waals surface area contributed by atoms with Crippen molar-refractivity contribution < 1.29 is 111 Å². The van der Waals surface area contributed by atoms with Gasteiger partial charge in [0.2, 0.25) is 11.8 Å². The van der Waals surface area contributed by atoms with E-state index in [0.29, 0.717) is 5.75 Å². The van der Waals surface area contributed by atoms with Crippen molar-refractivity contribution in [3.63, 3.8) is 0 Å². The van der Waals surface area contributed by atoms with E-state index in [1.807, 2.05) is 0 Å². The molecule has 30 nitrogen and oxygen atoms in total. The molecule has 0 radical (unpaired) electrons. The van der Waals surface area contributed by atoms with Crippen molar-refractivity contribution in [3.8, 4) is 0 Å². The van der Waals surface area contributed by atoms with Gasteiger partial charge in [-0.2, -0.15) is 4.31 Å². The number of aldehydes is 1. The second kappa shape index (κ2) is 24.5. The predicted molar refractivity (Wildman–Crippen MR) is 210 cm³/mol. The summed E-state index contributed by atoms with van der Waals surface area (Å²) < 4.78 is 61.8. The maximum Gasteiger partial charge on any atom is 0.481 e. The summed E-state index contributed by atoms with van der Waals surface area (Å²) in [6, 6.07) is 0. The molecule has 15 N–H and O–H groups in total. The predicted octanol–water partition coefficient (Wildman–Crippen LogP) is -4.69. The maximum atomic E-state index is 12.6. The molecule has 2 aromatic heterocycles. The zero-order chi connectivity index (χ0) is 48.1. The molecule has 0 spiro atoms. The largest absolute Gasteiger partial charge is 0.481 e. The Morgan fingerprint density at radius 1 is 1.00 bits per heavy atom. The van der Waals surface area contributed by atoms with Crippen LogP contribution in [0.15, 0.2) is 12.7 Å². The molecule has 0 bridgehead atoms. The summed E-state index contributed by atoms with van der Waals surface area (Å²) in [6.07, 6.45) is -13.7. The average Bonchev–Trinajstić information content (AvgIpc) is 3.76. The van der Waals surface area contributed by atoms with Gasteiger partial charge in [-0.1, -0.05) is 25.6 Å². The Balaban J connectivity index is 0.000000988. The van der Waals surface area contributed by atoms with E-state index in [4.69, 9.17) is 45.1 Å².